The first kappa shape index (κ1) is 15.3. The molecular formula is C18H22N4O. The highest BCUT2D eigenvalue weighted by atomic mass is 16.2. The van der Waals surface area contributed by atoms with Crippen LogP contribution < -0.4 is 10.2 Å². The summed E-state index contributed by atoms with van der Waals surface area (Å²) in [5.41, 5.74) is 2.99. The number of piperazine rings is 1. The van der Waals surface area contributed by atoms with Crippen LogP contribution in [0.15, 0.2) is 42.5 Å². The molecule has 1 aliphatic heterocycles. The quantitative estimate of drug-likeness (QED) is 0.946. The molecule has 1 aromatic heterocycles. The maximum atomic E-state index is 12.6. The zero-order valence-corrected chi connectivity index (χ0v) is 13.6. The van der Waals surface area contributed by atoms with Crippen LogP contribution in [0.4, 0.5) is 11.5 Å². The molecule has 23 heavy (non-hydrogen) atoms. The standard InChI is InChI=1S/C18H22N4O/c1-14-5-3-6-15(13-14)21-9-11-22(12-10-21)18(23)16-7-4-8-17(19-2)20-16/h3-8,13H,9-12H2,1-2H3,(H,19,20). The van der Waals surface area contributed by atoms with E-state index >= 15 is 0 Å². The van der Waals surface area contributed by atoms with E-state index in [-0.39, 0.29) is 5.91 Å². The monoisotopic (exact) mass is 310 g/mol. The largest absolute Gasteiger partial charge is 0.373 e. The van der Waals surface area contributed by atoms with Gasteiger partial charge in [0, 0.05) is 38.9 Å². The molecule has 0 radical (unpaired) electrons. The summed E-state index contributed by atoms with van der Waals surface area (Å²) in [6.45, 7) is 5.24. The maximum Gasteiger partial charge on any atom is 0.272 e. The fraction of sp³-hybridized carbons (Fsp3) is 0.333. The summed E-state index contributed by atoms with van der Waals surface area (Å²) in [6, 6.07) is 14.0. The van der Waals surface area contributed by atoms with Gasteiger partial charge in [-0.2, -0.15) is 0 Å². The number of carbonyl (C=O) groups is 1. The number of aryl methyl sites for hydroxylation is 1. The second kappa shape index (κ2) is 6.69. The zero-order chi connectivity index (χ0) is 16.2. The Bertz CT molecular complexity index is 693. The third-order valence-corrected chi connectivity index (χ3v) is 4.16. The molecule has 1 aromatic carbocycles. The predicted octanol–water partition coefficient (Wildman–Crippen LogP) is 2.39. The normalized spacial score (nSPS) is 14.7. The van der Waals surface area contributed by atoms with Gasteiger partial charge in [0.2, 0.25) is 0 Å². The molecule has 1 amide bonds. The SMILES string of the molecule is CNc1cccc(C(=O)N2CCN(c3cccc(C)c3)CC2)n1. The average molecular weight is 310 g/mol. The minimum Gasteiger partial charge on any atom is -0.373 e. The molecule has 0 bridgehead atoms. The number of benzene rings is 1. The number of aromatic nitrogens is 1. The summed E-state index contributed by atoms with van der Waals surface area (Å²) in [4.78, 5) is 21.1. The number of hydrogen-bond acceptors (Lipinski definition) is 4. The van der Waals surface area contributed by atoms with Crippen molar-refractivity contribution in [2.75, 3.05) is 43.4 Å². The second-order valence-electron chi connectivity index (χ2n) is 5.78. The minimum absolute atomic E-state index is 0.00555. The van der Waals surface area contributed by atoms with Crippen LogP contribution in [-0.2, 0) is 0 Å². The number of nitrogens with zero attached hydrogens (tertiary/aromatic N) is 3. The number of anilines is 2. The molecule has 0 spiro atoms. The molecule has 1 N–H and O–H groups in total. The summed E-state index contributed by atoms with van der Waals surface area (Å²) in [7, 11) is 1.80. The second-order valence-corrected chi connectivity index (χ2v) is 5.78. The zero-order valence-electron chi connectivity index (χ0n) is 13.6. The first-order chi connectivity index (χ1) is 11.2. The van der Waals surface area contributed by atoms with E-state index in [1.54, 1.807) is 13.1 Å². The van der Waals surface area contributed by atoms with Crippen LogP contribution in [0.25, 0.3) is 0 Å². The maximum absolute atomic E-state index is 12.6. The molecular weight excluding hydrogens is 288 g/mol. The Morgan fingerprint density at radius 1 is 1.09 bits per heavy atom. The van der Waals surface area contributed by atoms with Gasteiger partial charge in [0.1, 0.15) is 11.5 Å². The van der Waals surface area contributed by atoms with Crippen molar-refractivity contribution in [1.82, 2.24) is 9.88 Å². The van der Waals surface area contributed by atoms with Gasteiger partial charge in [0.05, 0.1) is 0 Å². The van der Waals surface area contributed by atoms with Crippen molar-refractivity contribution >= 4 is 17.4 Å². The Morgan fingerprint density at radius 3 is 2.52 bits per heavy atom. The number of amides is 1. The fourth-order valence-corrected chi connectivity index (χ4v) is 2.85. The van der Waals surface area contributed by atoms with Crippen LogP contribution in [0.2, 0.25) is 0 Å². The smallest absolute Gasteiger partial charge is 0.272 e. The molecule has 0 unspecified atom stereocenters. The van der Waals surface area contributed by atoms with Crippen LogP contribution in [0.1, 0.15) is 16.1 Å². The number of rotatable bonds is 3. The molecule has 0 aliphatic carbocycles. The van der Waals surface area contributed by atoms with E-state index in [0.717, 1.165) is 26.2 Å². The van der Waals surface area contributed by atoms with E-state index in [1.807, 2.05) is 17.0 Å². The van der Waals surface area contributed by atoms with Crippen molar-refractivity contribution in [3.05, 3.63) is 53.7 Å². The fourth-order valence-electron chi connectivity index (χ4n) is 2.85. The molecule has 0 atom stereocenters. The first-order valence-corrected chi connectivity index (χ1v) is 7.93. The number of carbonyl (C=O) groups excluding carboxylic acids is 1. The number of pyridine rings is 1. The highest BCUT2D eigenvalue weighted by Gasteiger charge is 2.23. The Kier molecular flexibility index (Phi) is 4.46. The molecule has 2 heterocycles. The van der Waals surface area contributed by atoms with Gasteiger partial charge in [-0.3, -0.25) is 4.79 Å². The van der Waals surface area contributed by atoms with E-state index in [4.69, 9.17) is 0 Å². The van der Waals surface area contributed by atoms with Gasteiger partial charge >= 0.3 is 0 Å². The Balaban J connectivity index is 1.65. The van der Waals surface area contributed by atoms with Crippen LogP contribution in [0, 0.1) is 6.92 Å². The summed E-state index contributed by atoms with van der Waals surface area (Å²) in [6.07, 6.45) is 0. The summed E-state index contributed by atoms with van der Waals surface area (Å²) in [5, 5.41) is 2.97. The van der Waals surface area contributed by atoms with Crippen molar-refractivity contribution in [2.24, 2.45) is 0 Å². The summed E-state index contributed by atoms with van der Waals surface area (Å²) >= 11 is 0. The van der Waals surface area contributed by atoms with Gasteiger partial charge in [-0.15, -0.1) is 0 Å². The molecule has 3 rings (SSSR count). The number of hydrogen-bond donors (Lipinski definition) is 1. The Hall–Kier alpha value is -2.56. The van der Waals surface area contributed by atoms with Gasteiger partial charge < -0.3 is 15.1 Å². The lowest BCUT2D eigenvalue weighted by molar-refractivity contribution is 0.0741. The lowest BCUT2D eigenvalue weighted by Gasteiger charge is -2.36. The van der Waals surface area contributed by atoms with Gasteiger partial charge in [-0.1, -0.05) is 18.2 Å². The van der Waals surface area contributed by atoms with Crippen LogP contribution >= 0.6 is 0 Å². The van der Waals surface area contributed by atoms with Crippen molar-refractivity contribution in [3.63, 3.8) is 0 Å². The molecule has 1 fully saturated rings. The molecule has 1 aliphatic rings. The van der Waals surface area contributed by atoms with E-state index in [9.17, 15) is 4.79 Å². The van der Waals surface area contributed by atoms with Crippen LogP contribution in [0.5, 0.6) is 0 Å². The van der Waals surface area contributed by atoms with Crippen molar-refractivity contribution < 1.29 is 4.79 Å². The topological polar surface area (TPSA) is 48.5 Å². The number of nitrogens with one attached hydrogen (secondary N) is 1. The van der Waals surface area contributed by atoms with Gasteiger partial charge in [0.15, 0.2) is 0 Å². The predicted molar refractivity (Wildman–Crippen MR) is 93.1 cm³/mol. The highest BCUT2D eigenvalue weighted by molar-refractivity contribution is 5.92. The Labute approximate surface area is 136 Å². The molecule has 5 heteroatoms. The van der Waals surface area contributed by atoms with E-state index in [1.165, 1.54) is 11.3 Å². The molecule has 5 nitrogen and oxygen atoms in total. The Morgan fingerprint density at radius 2 is 1.83 bits per heavy atom. The van der Waals surface area contributed by atoms with Crippen molar-refractivity contribution in [1.29, 1.82) is 0 Å². The van der Waals surface area contributed by atoms with E-state index < -0.39 is 0 Å². The minimum atomic E-state index is 0.00555. The van der Waals surface area contributed by atoms with E-state index in [0.29, 0.717) is 11.5 Å². The van der Waals surface area contributed by atoms with Gasteiger partial charge in [0.25, 0.3) is 5.91 Å². The van der Waals surface area contributed by atoms with E-state index in [2.05, 4.69) is 46.4 Å². The third-order valence-electron chi connectivity index (χ3n) is 4.16. The molecule has 0 saturated carbocycles. The van der Waals surface area contributed by atoms with Crippen LogP contribution in [0.3, 0.4) is 0 Å². The molecule has 120 valence electrons. The van der Waals surface area contributed by atoms with Gasteiger partial charge in [-0.25, -0.2) is 4.98 Å². The molecule has 2 aromatic rings. The van der Waals surface area contributed by atoms with Crippen LogP contribution in [-0.4, -0.2) is 49.0 Å². The first-order valence-electron chi connectivity index (χ1n) is 7.93. The highest BCUT2D eigenvalue weighted by Crippen LogP contribution is 2.18. The van der Waals surface area contributed by atoms with Crippen molar-refractivity contribution in [2.45, 2.75) is 6.92 Å². The lowest BCUT2D eigenvalue weighted by atomic mass is 10.2. The lowest BCUT2D eigenvalue weighted by Crippen LogP contribution is -2.49. The van der Waals surface area contributed by atoms with Crippen molar-refractivity contribution in [3.8, 4) is 0 Å². The summed E-state index contributed by atoms with van der Waals surface area (Å²) < 4.78 is 0. The average Bonchev–Trinajstić information content (AvgIpc) is 2.61. The molecule has 1 saturated heterocycles. The third kappa shape index (κ3) is 3.44. The van der Waals surface area contributed by atoms with Gasteiger partial charge in [-0.05, 0) is 36.8 Å². The summed E-state index contributed by atoms with van der Waals surface area (Å²) in [5.74, 6) is 0.722.